The van der Waals surface area contributed by atoms with Crippen molar-refractivity contribution in [3.63, 3.8) is 0 Å². The maximum atomic E-state index is 6.24. The fourth-order valence-corrected chi connectivity index (χ4v) is 1.93. The van der Waals surface area contributed by atoms with Crippen molar-refractivity contribution in [2.24, 2.45) is 5.73 Å². The number of halogens is 1. The summed E-state index contributed by atoms with van der Waals surface area (Å²) in [4.78, 5) is 0. The molecule has 0 atom stereocenters. The lowest BCUT2D eigenvalue weighted by Gasteiger charge is -2.20. The molecule has 0 amide bonds. The number of hydrogen-bond acceptors (Lipinski definition) is 2. The lowest BCUT2D eigenvalue weighted by molar-refractivity contribution is 0.410. The summed E-state index contributed by atoms with van der Waals surface area (Å²) in [5, 5.41) is 0.677. The Balaban J connectivity index is 3.11. The highest BCUT2D eigenvalue weighted by molar-refractivity contribution is 6.33. The number of methoxy groups -OCH3 is 1. The molecule has 0 aromatic heterocycles. The van der Waals surface area contributed by atoms with Gasteiger partial charge in [0.15, 0.2) is 0 Å². The van der Waals surface area contributed by atoms with Crippen molar-refractivity contribution >= 4 is 11.6 Å². The van der Waals surface area contributed by atoms with Crippen LogP contribution in [0.2, 0.25) is 5.02 Å². The SMILES string of the molecule is COc1c(C)ccc(CC(C)(C)N)c1Cl. The van der Waals surface area contributed by atoms with Gasteiger partial charge in [0.1, 0.15) is 5.75 Å². The van der Waals surface area contributed by atoms with E-state index in [1.165, 1.54) is 0 Å². The van der Waals surface area contributed by atoms with Gasteiger partial charge in [-0.05, 0) is 38.3 Å². The van der Waals surface area contributed by atoms with Crippen LogP contribution in [-0.4, -0.2) is 12.6 Å². The monoisotopic (exact) mass is 227 g/mol. The first kappa shape index (κ1) is 12.3. The zero-order chi connectivity index (χ0) is 11.6. The highest BCUT2D eigenvalue weighted by Gasteiger charge is 2.16. The van der Waals surface area contributed by atoms with Crippen LogP contribution in [0.1, 0.15) is 25.0 Å². The average molecular weight is 228 g/mol. The van der Waals surface area contributed by atoms with Crippen molar-refractivity contribution in [2.75, 3.05) is 7.11 Å². The number of benzene rings is 1. The molecule has 15 heavy (non-hydrogen) atoms. The van der Waals surface area contributed by atoms with Crippen molar-refractivity contribution in [1.29, 1.82) is 0 Å². The maximum absolute atomic E-state index is 6.24. The molecule has 0 heterocycles. The molecule has 0 spiro atoms. The van der Waals surface area contributed by atoms with Crippen LogP contribution in [0.25, 0.3) is 0 Å². The Kier molecular flexibility index (Phi) is 3.63. The second kappa shape index (κ2) is 4.42. The first-order chi connectivity index (χ1) is 6.85. The summed E-state index contributed by atoms with van der Waals surface area (Å²) in [5.74, 6) is 0.749. The number of aryl methyl sites for hydroxylation is 1. The Morgan fingerprint density at radius 2 is 2.00 bits per heavy atom. The quantitative estimate of drug-likeness (QED) is 0.862. The van der Waals surface area contributed by atoms with Gasteiger partial charge in [0.2, 0.25) is 0 Å². The van der Waals surface area contributed by atoms with Crippen LogP contribution in [0.4, 0.5) is 0 Å². The number of rotatable bonds is 3. The molecule has 3 heteroatoms. The molecule has 0 unspecified atom stereocenters. The normalized spacial score (nSPS) is 11.6. The Hall–Kier alpha value is -0.730. The third-order valence-electron chi connectivity index (χ3n) is 2.22. The van der Waals surface area contributed by atoms with Crippen molar-refractivity contribution in [2.45, 2.75) is 32.7 Å². The molecule has 0 saturated carbocycles. The van der Waals surface area contributed by atoms with E-state index < -0.39 is 0 Å². The standard InChI is InChI=1S/C12H18ClNO/c1-8-5-6-9(7-12(2,3)14)10(13)11(8)15-4/h5-6H,7,14H2,1-4H3. The maximum Gasteiger partial charge on any atom is 0.140 e. The van der Waals surface area contributed by atoms with Gasteiger partial charge in [-0.25, -0.2) is 0 Å². The lowest BCUT2D eigenvalue weighted by atomic mass is 9.95. The third-order valence-corrected chi connectivity index (χ3v) is 2.64. The van der Waals surface area contributed by atoms with Gasteiger partial charge in [0, 0.05) is 5.54 Å². The van der Waals surface area contributed by atoms with Gasteiger partial charge in [0.25, 0.3) is 0 Å². The molecule has 0 aliphatic heterocycles. The Morgan fingerprint density at radius 1 is 1.40 bits per heavy atom. The minimum absolute atomic E-state index is 0.260. The molecule has 0 radical (unpaired) electrons. The van der Waals surface area contributed by atoms with E-state index >= 15 is 0 Å². The van der Waals surface area contributed by atoms with Crippen molar-refractivity contribution < 1.29 is 4.74 Å². The zero-order valence-electron chi connectivity index (χ0n) is 9.73. The van der Waals surface area contributed by atoms with E-state index in [-0.39, 0.29) is 5.54 Å². The van der Waals surface area contributed by atoms with Gasteiger partial charge >= 0.3 is 0 Å². The highest BCUT2D eigenvalue weighted by Crippen LogP contribution is 2.32. The fourth-order valence-electron chi connectivity index (χ4n) is 1.57. The van der Waals surface area contributed by atoms with Crippen LogP contribution >= 0.6 is 11.6 Å². The van der Waals surface area contributed by atoms with Crippen molar-refractivity contribution in [3.8, 4) is 5.75 Å². The summed E-state index contributed by atoms with van der Waals surface area (Å²) in [5.41, 5.74) is 7.78. The first-order valence-corrected chi connectivity index (χ1v) is 5.34. The second-order valence-corrected chi connectivity index (χ2v) is 4.93. The summed E-state index contributed by atoms with van der Waals surface area (Å²) < 4.78 is 5.26. The van der Waals surface area contributed by atoms with E-state index in [1.54, 1.807) is 7.11 Å². The van der Waals surface area contributed by atoms with Gasteiger partial charge in [-0.1, -0.05) is 23.7 Å². The van der Waals surface area contributed by atoms with Crippen LogP contribution in [0.3, 0.4) is 0 Å². The number of nitrogens with two attached hydrogens (primary N) is 1. The number of ether oxygens (including phenoxy) is 1. The number of hydrogen-bond donors (Lipinski definition) is 1. The Bertz CT molecular complexity index is 355. The molecule has 1 aromatic rings. The molecule has 1 rings (SSSR count). The summed E-state index contributed by atoms with van der Waals surface area (Å²) in [6.45, 7) is 5.94. The molecule has 2 N–H and O–H groups in total. The smallest absolute Gasteiger partial charge is 0.140 e. The van der Waals surface area contributed by atoms with E-state index in [1.807, 2.05) is 32.9 Å². The molecular formula is C12H18ClNO. The lowest BCUT2D eigenvalue weighted by Crippen LogP contribution is -2.34. The average Bonchev–Trinajstić information content (AvgIpc) is 2.09. The van der Waals surface area contributed by atoms with Gasteiger partial charge in [0.05, 0.1) is 12.1 Å². The molecule has 2 nitrogen and oxygen atoms in total. The summed E-state index contributed by atoms with van der Waals surface area (Å²) in [6, 6.07) is 4.01. The molecular weight excluding hydrogens is 210 g/mol. The minimum atomic E-state index is -0.260. The van der Waals surface area contributed by atoms with Gasteiger partial charge < -0.3 is 10.5 Å². The fraction of sp³-hybridized carbons (Fsp3) is 0.500. The van der Waals surface area contributed by atoms with Crippen molar-refractivity contribution in [1.82, 2.24) is 0 Å². The van der Waals surface area contributed by atoms with Crippen LogP contribution in [-0.2, 0) is 6.42 Å². The van der Waals surface area contributed by atoms with E-state index in [9.17, 15) is 0 Å². The summed E-state index contributed by atoms with van der Waals surface area (Å²) in [6.07, 6.45) is 0.739. The Labute approximate surface area is 96.4 Å². The van der Waals surface area contributed by atoms with Crippen LogP contribution < -0.4 is 10.5 Å². The van der Waals surface area contributed by atoms with Crippen LogP contribution in [0.5, 0.6) is 5.75 Å². The first-order valence-electron chi connectivity index (χ1n) is 4.96. The molecule has 0 bridgehead atoms. The molecule has 0 aliphatic carbocycles. The predicted molar refractivity (Wildman–Crippen MR) is 64.7 cm³/mol. The predicted octanol–water partition coefficient (Wildman–Crippen LogP) is 2.94. The van der Waals surface area contributed by atoms with Gasteiger partial charge in [-0.15, -0.1) is 0 Å². The van der Waals surface area contributed by atoms with Crippen LogP contribution in [0.15, 0.2) is 12.1 Å². The van der Waals surface area contributed by atoms with E-state index in [4.69, 9.17) is 22.1 Å². The Morgan fingerprint density at radius 3 is 2.47 bits per heavy atom. The molecule has 84 valence electrons. The molecule has 0 fully saturated rings. The summed E-state index contributed by atoms with van der Waals surface area (Å²) in [7, 11) is 1.63. The largest absolute Gasteiger partial charge is 0.495 e. The molecule has 0 saturated heterocycles. The minimum Gasteiger partial charge on any atom is -0.495 e. The van der Waals surface area contributed by atoms with Crippen molar-refractivity contribution in [3.05, 3.63) is 28.3 Å². The molecule has 1 aromatic carbocycles. The third kappa shape index (κ3) is 3.11. The zero-order valence-corrected chi connectivity index (χ0v) is 10.5. The topological polar surface area (TPSA) is 35.2 Å². The van der Waals surface area contributed by atoms with Crippen LogP contribution in [0, 0.1) is 6.92 Å². The van der Waals surface area contributed by atoms with Gasteiger partial charge in [-0.2, -0.15) is 0 Å². The van der Waals surface area contributed by atoms with E-state index in [0.29, 0.717) is 5.02 Å². The second-order valence-electron chi connectivity index (χ2n) is 4.55. The summed E-state index contributed by atoms with van der Waals surface area (Å²) >= 11 is 6.24. The highest BCUT2D eigenvalue weighted by atomic mass is 35.5. The van der Waals surface area contributed by atoms with E-state index in [2.05, 4.69) is 0 Å². The van der Waals surface area contributed by atoms with Gasteiger partial charge in [-0.3, -0.25) is 0 Å². The van der Waals surface area contributed by atoms with E-state index in [0.717, 1.165) is 23.3 Å². The molecule has 0 aliphatic rings.